The summed E-state index contributed by atoms with van der Waals surface area (Å²) in [6, 6.07) is 0. The van der Waals surface area contributed by atoms with E-state index in [1.54, 1.807) is 0 Å². The number of allylic oxidation sites excluding steroid dienone is 22. The average Bonchev–Trinajstić information content (AvgIpc) is 3.35. The molecule has 2 N–H and O–H groups in total. The van der Waals surface area contributed by atoms with E-state index in [0.29, 0.717) is 25.7 Å². The molecule has 0 aliphatic heterocycles. The quantitative estimate of drug-likeness (QED) is 0.0197. The van der Waals surface area contributed by atoms with Gasteiger partial charge in [-0.2, -0.15) is 0 Å². The Morgan fingerprint density at radius 3 is 1.09 bits per heavy atom. The van der Waals surface area contributed by atoms with Crippen LogP contribution in [0.25, 0.3) is 0 Å². The fraction of sp³-hybridized carbons (Fsp3) is 0.569. The van der Waals surface area contributed by atoms with Crippen molar-refractivity contribution in [1.29, 1.82) is 0 Å². The predicted octanol–water partition coefficient (Wildman–Crippen LogP) is 15.0. The van der Waals surface area contributed by atoms with E-state index in [1.165, 1.54) is 0 Å². The zero-order valence-electron chi connectivity index (χ0n) is 43.2. The van der Waals surface area contributed by atoms with Crippen molar-refractivity contribution < 1.29 is 52.2 Å². The van der Waals surface area contributed by atoms with Crippen molar-refractivity contribution >= 4 is 25.7 Å². The number of carbonyl (C=O) groups is 3. The molecule has 0 aliphatic rings. The molecule has 0 radical (unpaired) electrons. The molecule has 0 aliphatic carbocycles. The minimum absolute atomic E-state index is 0.110. The highest BCUT2D eigenvalue weighted by Crippen LogP contribution is 2.43. The van der Waals surface area contributed by atoms with Gasteiger partial charge in [0, 0.05) is 19.3 Å². The molecule has 394 valence electrons. The number of esters is 3. The van der Waals surface area contributed by atoms with Crippen LogP contribution >= 0.6 is 7.82 Å². The third-order valence-electron chi connectivity index (χ3n) is 10.1. The summed E-state index contributed by atoms with van der Waals surface area (Å²) >= 11 is 0. The third kappa shape index (κ3) is 48.6. The number of rotatable bonds is 46. The van der Waals surface area contributed by atoms with Crippen LogP contribution in [0.2, 0.25) is 0 Å². The van der Waals surface area contributed by atoms with Gasteiger partial charge in [-0.3, -0.25) is 23.4 Å². The molecular weight excluding hydrogens is 904 g/mol. The lowest BCUT2D eigenvalue weighted by molar-refractivity contribution is -0.161. The average molecular weight is 995 g/mol. The summed E-state index contributed by atoms with van der Waals surface area (Å²) in [6.07, 6.45) is 62.9. The number of aliphatic hydroxyl groups is 1. The molecular formula is C58H91O11P. The Hall–Kier alpha value is -4.38. The van der Waals surface area contributed by atoms with Crippen molar-refractivity contribution in [2.24, 2.45) is 0 Å². The van der Waals surface area contributed by atoms with Crippen molar-refractivity contribution in [3.8, 4) is 0 Å². The van der Waals surface area contributed by atoms with Crippen molar-refractivity contribution in [1.82, 2.24) is 0 Å². The second-order valence-electron chi connectivity index (χ2n) is 16.5. The maximum Gasteiger partial charge on any atom is 0.472 e. The fourth-order valence-corrected chi connectivity index (χ4v) is 6.97. The van der Waals surface area contributed by atoms with E-state index in [-0.39, 0.29) is 25.9 Å². The molecule has 11 nitrogen and oxygen atoms in total. The van der Waals surface area contributed by atoms with Crippen LogP contribution in [0, 0.1) is 0 Å². The molecule has 0 saturated heterocycles. The number of phosphoric acid groups is 1. The highest BCUT2D eigenvalue weighted by molar-refractivity contribution is 7.47. The van der Waals surface area contributed by atoms with E-state index in [1.807, 2.05) is 12.2 Å². The molecule has 0 aromatic heterocycles. The Kier molecular flexibility index (Phi) is 47.8. The highest BCUT2D eigenvalue weighted by atomic mass is 31.2. The maximum absolute atomic E-state index is 12.8. The zero-order valence-corrected chi connectivity index (χ0v) is 44.1. The summed E-state index contributed by atoms with van der Waals surface area (Å²) in [4.78, 5) is 48.3. The van der Waals surface area contributed by atoms with Gasteiger partial charge in [0.1, 0.15) is 12.7 Å². The molecule has 0 rings (SSSR count). The second kappa shape index (κ2) is 51.0. The molecule has 0 amide bonds. The molecule has 0 bridgehead atoms. The molecule has 0 fully saturated rings. The molecule has 3 unspecified atom stereocenters. The van der Waals surface area contributed by atoms with Gasteiger partial charge >= 0.3 is 25.7 Å². The van der Waals surface area contributed by atoms with E-state index in [0.717, 1.165) is 109 Å². The lowest BCUT2D eigenvalue weighted by atomic mass is 10.1. The lowest BCUT2D eigenvalue weighted by Gasteiger charge is -2.21. The van der Waals surface area contributed by atoms with Crippen LogP contribution in [0.3, 0.4) is 0 Å². The Bertz CT molecular complexity index is 1680. The molecule has 12 heteroatoms. The predicted molar refractivity (Wildman–Crippen MR) is 288 cm³/mol. The number of carbonyl (C=O) groups excluding carboxylic acids is 3. The zero-order chi connectivity index (χ0) is 51.3. The van der Waals surface area contributed by atoms with Gasteiger partial charge in [-0.25, -0.2) is 4.57 Å². The largest absolute Gasteiger partial charge is 0.472 e. The van der Waals surface area contributed by atoms with E-state index in [2.05, 4.69) is 142 Å². The first-order valence-corrected chi connectivity index (χ1v) is 27.6. The van der Waals surface area contributed by atoms with Gasteiger partial charge in [0.15, 0.2) is 6.10 Å². The molecule has 0 saturated carbocycles. The van der Waals surface area contributed by atoms with Crippen LogP contribution in [0.5, 0.6) is 0 Å². The Labute approximate surface area is 423 Å². The van der Waals surface area contributed by atoms with Gasteiger partial charge in [0.25, 0.3) is 0 Å². The summed E-state index contributed by atoms with van der Waals surface area (Å²) < 4.78 is 39.2. The number of ether oxygens (including phenoxy) is 3. The van der Waals surface area contributed by atoms with Gasteiger partial charge < -0.3 is 24.2 Å². The molecule has 0 spiro atoms. The Balaban J connectivity index is 4.91. The summed E-state index contributed by atoms with van der Waals surface area (Å²) in [5.74, 6) is -1.62. The van der Waals surface area contributed by atoms with Crippen LogP contribution in [-0.4, -0.2) is 66.5 Å². The van der Waals surface area contributed by atoms with Crippen molar-refractivity contribution in [2.45, 2.75) is 187 Å². The normalized spacial score (nSPS) is 14.5. The second-order valence-corrected chi connectivity index (χ2v) is 18.0. The summed E-state index contributed by atoms with van der Waals surface area (Å²) in [5, 5.41) is 9.77. The number of unbranched alkanes of at least 4 members (excludes halogenated alkanes) is 7. The lowest BCUT2D eigenvalue weighted by Crippen LogP contribution is -2.30. The summed E-state index contributed by atoms with van der Waals surface area (Å²) in [5.41, 5.74) is 0. The standard InChI is InChI=1S/C58H91O11P/c1-4-7-10-13-16-19-22-25-26-27-28-31-32-35-38-41-44-47-56(60)65-51-55(69-58(62)49-46-43-40-37-34-30-24-21-18-15-12-9-6-3)53-67-70(63,64)66-52-54(50-59)68-57(61)48-45-42-39-36-33-29-23-20-17-14-11-8-5-2/h7-12,16-21,25-26,28-31,33-35,38,54-55,59H,4-6,13-15,22-24,27,32,36-37,39-53H2,1-3H3,(H,63,64)/b10-7-,11-8-,12-9-,19-16-,20-17-,21-18-,26-25-,31-28-,33-29-,34-30-,38-35-. The first kappa shape index (κ1) is 65.6. The van der Waals surface area contributed by atoms with Crippen molar-refractivity contribution in [3.63, 3.8) is 0 Å². The monoisotopic (exact) mass is 995 g/mol. The Morgan fingerprint density at radius 1 is 0.400 bits per heavy atom. The SMILES string of the molecule is CC/C=C\C/C=C\C/C=C\C/C=C\C/C=C\CCCC(=O)OCC(COP(=O)(O)OCC(CO)OC(=O)CCCCC/C=C\C/C=C\C/C=C\CC)OC(=O)CCCCC/C=C\C/C=C\C/C=C\CC. The van der Waals surface area contributed by atoms with Gasteiger partial charge in [-0.05, 0) is 122 Å². The van der Waals surface area contributed by atoms with Crippen LogP contribution in [-0.2, 0) is 42.2 Å². The maximum atomic E-state index is 12.8. The van der Waals surface area contributed by atoms with Gasteiger partial charge in [0.2, 0.25) is 0 Å². The smallest absolute Gasteiger partial charge is 0.462 e. The number of hydrogen-bond acceptors (Lipinski definition) is 10. The van der Waals surface area contributed by atoms with E-state index < -0.39 is 57.8 Å². The topological polar surface area (TPSA) is 155 Å². The van der Waals surface area contributed by atoms with E-state index >= 15 is 0 Å². The minimum atomic E-state index is -4.78. The first-order valence-electron chi connectivity index (χ1n) is 26.1. The minimum Gasteiger partial charge on any atom is -0.462 e. The number of aliphatic hydroxyl groups excluding tert-OH is 1. The fourth-order valence-electron chi connectivity index (χ4n) is 6.18. The molecule has 70 heavy (non-hydrogen) atoms. The van der Waals surface area contributed by atoms with Crippen LogP contribution in [0.4, 0.5) is 0 Å². The number of phosphoric ester groups is 1. The molecule has 0 heterocycles. The third-order valence-corrected chi connectivity index (χ3v) is 11.0. The van der Waals surface area contributed by atoms with Crippen molar-refractivity contribution in [2.75, 3.05) is 26.4 Å². The van der Waals surface area contributed by atoms with Crippen LogP contribution in [0.15, 0.2) is 134 Å². The Morgan fingerprint density at radius 2 is 0.714 bits per heavy atom. The van der Waals surface area contributed by atoms with Gasteiger partial charge in [-0.1, -0.05) is 167 Å². The van der Waals surface area contributed by atoms with E-state index in [4.69, 9.17) is 23.3 Å². The highest BCUT2D eigenvalue weighted by Gasteiger charge is 2.28. The van der Waals surface area contributed by atoms with Crippen LogP contribution in [0.1, 0.15) is 175 Å². The van der Waals surface area contributed by atoms with Crippen molar-refractivity contribution in [3.05, 3.63) is 134 Å². The van der Waals surface area contributed by atoms with Gasteiger partial charge in [0.05, 0.1) is 19.8 Å². The molecule has 0 aromatic rings. The molecule has 0 aromatic carbocycles. The van der Waals surface area contributed by atoms with E-state index in [9.17, 15) is 28.9 Å². The van der Waals surface area contributed by atoms with Gasteiger partial charge in [-0.15, -0.1) is 0 Å². The summed E-state index contributed by atoms with van der Waals surface area (Å²) in [6.45, 7) is 4.12. The first-order chi connectivity index (χ1) is 34.2. The van der Waals surface area contributed by atoms with Crippen LogP contribution < -0.4 is 0 Å². The molecule has 3 atom stereocenters. The summed E-state index contributed by atoms with van der Waals surface area (Å²) in [7, 11) is -4.78. The number of hydrogen-bond donors (Lipinski definition) is 2.